The van der Waals surface area contributed by atoms with Crippen molar-refractivity contribution in [3.05, 3.63) is 33.3 Å². The van der Waals surface area contributed by atoms with E-state index in [-0.39, 0.29) is 12.3 Å². The first-order valence-electron chi connectivity index (χ1n) is 6.91. The molecule has 1 fully saturated rings. The monoisotopic (exact) mass is 373 g/mol. The van der Waals surface area contributed by atoms with Crippen LogP contribution in [0.5, 0.6) is 0 Å². The lowest BCUT2D eigenvalue weighted by molar-refractivity contribution is -0.139. The average molecular weight is 375 g/mol. The second kappa shape index (κ2) is 6.79. The molecule has 0 aromatic heterocycles. The number of rotatable bonds is 4. The Bertz CT molecular complexity index is 556. The highest BCUT2D eigenvalue weighted by Gasteiger charge is 2.36. The third kappa shape index (κ3) is 4.20. The fourth-order valence-corrected chi connectivity index (χ4v) is 3.41. The van der Waals surface area contributed by atoms with E-state index < -0.39 is 11.5 Å². The number of carbonyl (C=O) groups excluding carboxylic acids is 1. The van der Waals surface area contributed by atoms with Gasteiger partial charge in [-0.25, -0.2) is 0 Å². The van der Waals surface area contributed by atoms with Gasteiger partial charge in [0.25, 0.3) is 5.91 Å². The third-order valence-corrected chi connectivity index (χ3v) is 4.67. The van der Waals surface area contributed by atoms with Crippen LogP contribution in [0.1, 0.15) is 48.9 Å². The zero-order valence-corrected chi connectivity index (χ0v) is 13.8. The van der Waals surface area contributed by atoms with Crippen molar-refractivity contribution in [1.29, 1.82) is 0 Å². The van der Waals surface area contributed by atoms with Crippen LogP contribution in [-0.4, -0.2) is 22.5 Å². The summed E-state index contributed by atoms with van der Waals surface area (Å²) in [5.41, 5.74) is -0.298. The molecule has 2 rings (SSSR count). The van der Waals surface area contributed by atoms with Gasteiger partial charge in [0.2, 0.25) is 0 Å². The molecule has 0 atom stereocenters. The summed E-state index contributed by atoms with van der Waals surface area (Å²) in [5, 5.41) is 12.4. The van der Waals surface area contributed by atoms with E-state index in [1.807, 2.05) is 0 Å². The molecule has 1 aliphatic rings. The normalized spacial score (nSPS) is 17.2. The van der Waals surface area contributed by atoms with E-state index in [2.05, 4.69) is 21.2 Å². The van der Waals surface area contributed by atoms with E-state index in [0.717, 1.165) is 23.7 Å². The summed E-state index contributed by atoms with van der Waals surface area (Å²) in [6, 6.07) is 5.05. The van der Waals surface area contributed by atoms with Crippen molar-refractivity contribution in [2.45, 2.75) is 44.1 Å². The molecule has 21 heavy (non-hydrogen) atoms. The van der Waals surface area contributed by atoms with Crippen LogP contribution in [0.25, 0.3) is 0 Å². The van der Waals surface area contributed by atoms with Crippen molar-refractivity contribution in [1.82, 2.24) is 5.32 Å². The molecule has 4 nitrogen and oxygen atoms in total. The molecule has 0 saturated heterocycles. The number of benzene rings is 1. The number of hydrogen-bond donors (Lipinski definition) is 2. The first-order chi connectivity index (χ1) is 9.92. The van der Waals surface area contributed by atoms with Crippen molar-refractivity contribution in [2.24, 2.45) is 0 Å². The van der Waals surface area contributed by atoms with Gasteiger partial charge in [0.15, 0.2) is 0 Å². The summed E-state index contributed by atoms with van der Waals surface area (Å²) < 4.78 is 0.757. The van der Waals surface area contributed by atoms with Crippen LogP contribution < -0.4 is 5.32 Å². The first-order valence-corrected chi connectivity index (χ1v) is 8.08. The Morgan fingerprint density at radius 2 is 1.95 bits per heavy atom. The van der Waals surface area contributed by atoms with Crippen LogP contribution >= 0.6 is 27.5 Å². The molecule has 1 aromatic rings. The second-order valence-corrected chi connectivity index (χ2v) is 6.81. The highest BCUT2D eigenvalue weighted by atomic mass is 79.9. The smallest absolute Gasteiger partial charge is 0.305 e. The summed E-state index contributed by atoms with van der Waals surface area (Å²) in [6.07, 6.45) is 4.27. The van der Waals surface area contributed by atoms with Crippen LogP contribution in [0.15, 0.2) is 22.7 Å². The number of nitrogens with one attached hydrogen (secondary N) is 1. The molecule has 0 bridgehead atoms. The van der Waals surface area contributed by atoms with E-state index in [1.165, 1.54) is 0 Å². The topological polar surface area (TPSA) is 66.4 Å². The Hall–Kier alpha value is -1.07. The van der Waals surface area contributed by atoms with E-state index in [9.17, 15) is 9.59 Å². The molecule has 114 valence electrons. The lowest BCUT2D eigenvalue weighted by atomic mass is 9.79. The second-order valence-electron chi connectivity index (χ2n) is 5.49. The number of aliphatic carboxylic acids is 1. The largest absolute Gasteiger partial charge is 0.481 e. The number of carboxylic acid groups (broad SMARTS) is 1. The Balaban J connectivity index is 2.21. The van der Waals surface area contributed by atoms with Gasteiger partial charge >= 0.3 is 5.97 Å². The molecular weight excluding hydrogens is 358 g/mol. The highest BCUT2D eigenvalue weighted by Crippen LogP contribution is 2.32. The van der Waals surface area contributed by atoms with Gasteiger partial charge in [-0.1, -0.05) is 46.8 Å². The summed E-state index contributed by atoms with van der Waals surface area (Å²) in [7, 11) is 0. The fraction of sp³-hybridized carbons (Fsp3) is 0.467. The number of carboxylic acids is 1. The zero-order valence-electron chi connectivity index (χ0n) is 11.5. The molecule has 0 radical (unpaired) electrons. The van der Waals surface area contributed by atoms with Crippen LogP contribution in [0.2, 0.25) is 5.02 Å². The fourth-order valence-electron chi connectivity index (χ4n) is 2.84. The van der Waals surface area contributed by atoms with Crippen LogP contribution in [-0.2, 0) is 4.79 Å². The Morgan fingerprint density at radius 1 is 1.29 bits per heavy atom. The first kappa shape index (κ1) is 16.3. The molecule has 0 unspecified atom stereocenters. The van der Waals surface area contributed by atoms with Crippen LogP contribution in [0.4, 0.5) is 0 Å². The minimum absolute atomic E-state index is 0.0512. The molecule has 1 aromatic carbocycles. The molecule has 0 heterocycles. The van der Waals surface area contributed by atoms with Gasteiger partial charge < -0.3 is 10.4 Å². The van der Waals surface area contributed by atoms with Crippen molar-refractivity contribution in [2.75, 3.05) is 0 Å². The minimum Gasteiger partial charge on any atom is -0.481 e. The molecule has 1 saturated carbocycles. The number of amides is 1. The maximum atomic E-state index is 12.5. The molecular formula is C15H17BrClNO3. The van der Waals surface area contributed by atoms with E-state index >= 15 is 0 Å². The van der Waals surface area contributed by atoms with Gasteiger partial charge in [-0.15, -0.1) is 0 Å². The van der Waals surface area contributed by atoms with Crippen molar-refractivity contribution < 1.29 is 14.7 Å². The maximum absolute atomic E-state index is 12.5. The highest BCUT2D eigenvalue weighted by molar-refractivity contribution is 9.10. The quantitative estimate of drug-likeness (QED) is 0.837. The van der Waals surface area contributed by atoms with Gasteiger partial charge in [0.1, 0.15) is 0 Å². The number of hydrogen-bond acceptors (Lipinski definition) is 2. The SMILES string of the molecule is O=C(O)CC1(NC(=O)c2cc(Br)ccc2Cl)CCCCC1. The molecule has 0 spiro atoms. The van der Waals surface area contributed by atoms with Gasteiger partial charge in [-0.2, -0.15) is 0 Å². The van der Waals surface area contributed by atoms with E-state index in [4.69, 9.17) is 16.7 Å². The van der Waals surface area contributed by atoms with E-state index in [1.54, 1.807) is 18.2 Å². The third-order valence-electron chi connectivity index (χ3n) is 3.85. The maximum Gasteiger partial charge on any atom is 0.305 e. The zero-order chi connectivity index (χ0) is 15.5. The molecule has 1 amide bonds. The minimum atomic E-state index is -0.891. The standard InChI is InChI=1S/C15H17BrClNO3/c16-10-4-5-12(17)11(8-10)14(21)18-15(9-13(19)20)6-2-1-3-7-15/h4-5,8H,1-3,6-7,9H2,(H,18,21)(H,19,20). The number of halogens is 2. The number of carbonyl (C=O) groups is 2. The lowest BCUT2D eigenvalue weighted by Gasteiger charge is -2.37. The van der Waals surface area contributed by atoms with Crippen molar-refractivity contribution in [3.8, 4) is 0 Å². The predicted molar refractivity (Wildman–Crippen MR) is 84.7 cm³/mol. The van der Waals surface area contributed by atoms with Gasteiger partial charge in [-0.05, 0) is 31.0 Å². The molecule has 1 aliphatic carbocycles. The molecule has 6 heteroatoms. The molecule has 0 aliphatic heterocycles. The summed E-state index contributed by atoms with van der Waals surface area (Å²) in [4.78, 5) is 23.6. The van der Waals surface area contributed by atoms with Gasteiger partial charge in [0.05, 0.1) is 22.5 Å². The van der Waals surface area contributed by atoms with Crippen molar-refractivity contribution >= 4 is 39.4 Å². The van der Waals surface area contributed by atoms with Crippen molar-refractivity contribution in [3.63, 3.8) is 0 Å². The Labute approximate surface area is 137 Å². The van der Waals surface area contributed by atoms with Crippen LogP contribution in [0, 0.1) is 0 Å². The summed E-state index contributed by atoms with van der Waals surface area (Å²) in [6.45, 7) is 0. The predicted octanol–water partition coefficient (Wildman–Crippen LogP) is 4.01. The average Bonchev–Trinajstić information content (AvgIpc) is 2.41. The summed E-state index contributed by atoms with van der Waals surface area (Å²) in [5.74, 6) is -1.21. The summed E-state index contributed by atoms with van der Waals surface area (Å²) >= 11 is 9.37. The van der Waals surface area contributed by atoms with Gasteiger partial charge in [-0.3, -0.25) is 9.59 Å². The van der Waals surface area contributed by atoms with Crippen LogP contribution in [0.3, 0.4) is 0 Å². The van der Waals surface area contributed by atoms with Gasteiger partial charge in [0, 0.05) is 4.47 Å². The Kier molecular flexibility index (Phi) is 5.27. The molecule has 2 N–H and O–H groups in total. The lowest BCUT2D eigenvalue weighted by Crippen LogP contribution is -2.51. The van der Waals surface area contributed by atoms with E-state index in [0.29, 0.717) is 23.4 Å². The Morgan fingerprint density at radius 3 is 2.57 bits per heavy atom.